The number of piperazine rings is 1. The SMILES string of the molecule is CC.CCCC(OC)C(=O)N1CCN(Cc2cc(Cl)cc(N)c2C)CC1. The van der Waals surface area contributed by atoms with E-state index in [0.29, 0.717) is 5.02 Å². The second-order valence-corrected chi connectivity index (χ2v) is 6.83. The van der Waals surface area contributed by atoms with Crippen LogP contribution in [0.25, 0.3) is 0 Å². The lowest BCUT2D eigenvalue weighted by Gasteiger charge is -2.36. The highest BCUT2D eigenvalue weighted by molar-refractivity contribution is 6.31. The molecule has 6 heteroatoms. The number of nitrogens with two attached hydrogens (primary N) is 1. The second kappa shape index (κ2) is 11.4. The predicted molar refractivity (Wildman–Crippen MR) is 110 cm³/mol. The van der Waals surface area contributed by atoms with E-state index in [4.69, 9.17) is 22.1 Å². The summed E-state index contributed by atoms with van der Waals surface area (Å²) in [6.07, 6.45) is 1.41. The number of anilines is 1. The molecule has 1 atom stereocenters. The summed E-state index contributed by atoms with van der Waals surface area (Å²) in [4.78, 5) is 16.7. The highest BCUT2D eigenvalue weighted by Crippen LogP contribution is 2.24. The van der Waals surface area contributed by atoms with Gasteiger partial charge in [0.1, 0.15) is 6.10 Å². The number of carbonyl (C=O) groups is 1. The first-order chi connectivity index (χ1) is 12.5. The van der Waals surface area contributed by atoms with Crippen LogP contribution in [0.3, 0.4) is 0 Å². The third kappa shape index (κ3) is 6.15. The summed E-state index contributed by atoms with van der Waals surface area (Å²) in [6.45, 7) is 12.1. The minimum Gasteiger partial charge on any atom is -0.398 e. The van der Waals surface area contributed by atoms with Gasteiger partial charge in [-0.2, -0.15) is 0 Å². The molecule has 1 amide bonds. The molecule has 2 N–H and O–H groups in total. The molecule has 1 saturated heterocycles. The van der Waals surface area contributed by atoms with Gasteiger partial charge >= 0.3 is 0 Å². The molecule has 5 nitrogen and oxygen atoms in total. The fraction of sp³-hybridized carbons (Fsp3) is 0.650. The Morgan fingerprint density at radius 1 is 1.27 bits per heavy atom. The molecule has 0 aromatic heterocycles. The molecule has 1 aromatic rings. The molecule has 1 aromatic carbocycles. The van der Waals surface area contributed by atoms with Crippen molar-refractivity contribution in [1.82, 2.24) is 9.80 Å². The van der Waals surface area contributed by atoms with Crippen molar-refractivity contribution in [3.05, 3.63) is 28.3 Å². The van der Waals surface area contributed by atoms with Crippen LogP contribution in [-0.4, -0.2) is 55.1 Å². The summed E-state index contributed by atoms with van der Waals surface area (Å²) in [7, 11) is 1.61. The van der Waals surface area contributed by atoms with Gasteiger partial charge in [0.25, 0.3) is 5.91 Å². The van der Waals surface area contributed by atoms with E-state index in [2.05, 4.69) is 11.8 Å². The fourth-order valence-corrected chi connectivity index (χ4v) is 3.35. The van der Waals surface area contributed by atoms with Crippen molar-refractivity contribution in [2.45, 2.75) is 53.2 Å². The Morgan fingerprint density at radius 3 is 2.42 bits per heavy atom. The van der Waals surface area contributed by atoms with Gasteiger partial charge in [0.05, 0.1) is 0 Å². The van der Waals surface area contributed by atoms with Crippen LogP contribution in [0.15, 0.2) is 12.1 Å². The summed E-state index contributed by atoms with van der Waals surface area (Å²) in [5, 5.41) is 0.671. The van der Waals surface area contributed by atoms with Gasteiger partial charge in [0.2, 0.25) is 0 Å². The van der Waals surface area contributed by atoms with Crippen molar-refractivity contribution in [3.63, 3.8) is 0 Å². The van der Waals surface area contributed by atoms with E-state index >= 15 is 0 Å². The number of hydrogen-bond donors (Lipinski definition) is 1. The van der Waals surface area contributed by atoms with E-state index in [-0.39, 0.29) is 12.0 Å². The van der Waals surface area contributed by atoms with Crippen molar-refractivity contribution in [2.24, 2.45) is 0 Å². The molecule has 1 unspecified atom stereocenters. The first kappa shape index (κ1) is 22.7. The lowest BCUT2D eigenvalue weighted by atomic mass is 10.1. The van der Waals surface area contributed by atoms with Gasteiger partial charge < -0.3 is 15.4 Å². The first-order valence-corrected chi connectivity index (χ1v) is 9.92. The maximum Gasteiger partial charge on any atom is 0.251 e. The van der Waals surface area contributed by atoms with Gasteiger partial charge in [-0.05, 0) is 36.6 Å². The van der Waals surface area contributed by atoms with Crippen LogP contribution in [0.2, 0.25) is 5.02 Å². The highest BCUT2D eigenvalue weighted by Gasteiger charge is 2.27. The van der Waals surface area contributed by atoms with Gasteiger partial charge in [-0.1, -0.05) is 38.8 Å². The minimum absolute atomic E-state index is 0.113. The highest BCUT2D eigenvalue weighted by atomic mass is 35.5. The molecule has 1 heterocycles. The van der Waals surface area contributed by atoms with Crippen molar-refractivity contribution < 1.29 is 9.53 Å². The van der Waals surface area contributed by atoms with E-state index in [0.717, 1.165) is 62.4 Å². The van der Waals surface area contributed by atoms with Crippen LogP contribution in [0.1, 0.15) is 44.7 Å². The number of amides is 1. The lowest BCUT2D eigenvalue weighted by Crippen LogP contribution is -2.51. The molecule has 0 radical (unpaired) electrons. The van der Waals surface area contributed by atoms with Crippen LogP contribution in [0.5, 0.6) is 0 Å². The lowest BCUT2D eigenvalue weighted by molar-refractivity contribution is -0.144. The maximum atomic E-state index is 12.5. The molecule has 1 fully saturated rings. The average Bonchev–Trinajstić information content (AvgIpc) is 2.65. The largest absolute Gasteiger partial charge is 0.398 e. The van der Waals surface area contributed by atoms with E-state index in [1.54, 1.807) is 13.2 Å². The fourth-order valence-electron chi connectivity index (χ4n) is 3.10. The van der Waals surface area contributed by atoms with Crippen LogP contribution in [0, 0.1) is 6.92 Å². The Labute approximate surface area is 163 Å². The number of ether oxygens (including phenoxy) is 1. The number of hydrogen-bond acceptors (Lipinski definition) is 4. The summed E-state index contributed by atoms with van der Waals surface area (Å²) in [5.74, 6) is 0.113. The molecule has 2 rings (SSSR count). The van der Waals surface area contributed by atoms with Gasteiger partial charge in [0, 0.05) is 50.5 Å². The average molecular weight is 384 g/mol. The Kier molecular flexibility index (Phi) is 9.99. The van der Waals surface area contributed by atoms with E-state index in [1.165, 1.54) is 0 Å². The number of carbonyl (C=O) groups excluding carboxylic acids is 1. The molecule has 26 heavy (non-hydrogen) atoms. The molecule has 1 aliphatic rings. The molecule has 1 aliphatic heterocycles. The molecule has 0 saturated carbocycles. The third-order valence-electron chi connectivity index (χ3n) is 4.71. The Hall–Kier alpha value is -1.30. The number of rotatable bonds is 6. The summed E-state index contributed by atoms with van der Waals surface area (Å²) < 4.78 is 5.34. The Morgan fingerprint density at radius 2 is 1.88 bits per heavy atom. The molecule has 0 spiro atoms. The van der Waals surface area contributed by atoms with Crippen LogP contribution < -0.4 is 5.73 Å². The van der Waals surface area contributed by atoms with Crippen molar-refractivity contribution in [3.8, 4) is 0 Å². The molecular weight excluding hydrogens is 350 g/mol. The molecule has 0 aliphatic carbocycles. The van der Waals surface area contributed by atoms with Gasteiger partial charge in [-0.3, -0.25) is 9.69 Å². The predicted octanol–water partition coefficient (Wildman–Crippen LogP) is 3.72. The monoisotopic (exact) mass is 383 g/mol. The smallest absolute Gasteiger partial charge is 0.251 e. The standard InChI is InChI=1S/C18H28ClN3O2.C2H6/c1-4-5-17(24-3)18(23)22-8-6-21(7-9-22)12-14-10-15(19)11-16(20)13(14)2;1-2/h10-11,17H,4-9,12,20H2,1-3H3;1-2H3. The van der Waals surface area contributed by atoms with E-state index < -0.39 is 0 Å². The Bertz CT molecular complexity index is 572. The van der Waals surface area contributed by atoms with E-state index in [1.807, 2.05) is 31.7 Å². The van der Waals surface area contributed by atoms with Crippen LogP contribution in [0.4, 0.5) is 5.69 Å². The summed E-state index contributed by atoms with van der Waals surface area (Å²) in [6, 6.07) is 3.77. The normalized spacial score (nSPS) is 16.0. The number of benzene rings is 1. The van der Waals surface area contributed by atoms with E-state index in [9.17, 15) is 4.79 Å². The van der Waals surface area contributed by atoms with Crippen molar-refractivity contribution >= 4 is 23.2 Å². The Balaban J connectivity index is 0.00000163. The minimum atomic E-state index is -0.309. The zero-order valence-corrected chi connectivity index (χ0v) is 17.6. The van der Waals surface area contributed by atoms with Crippen LogP contribution >= 0.6 is 11.6 Å². The van der Waals surface area contributed by atoms with Crippen LogP contribution in [-0.2, 0) is 16.1 Å². The third-order valence-corrected chi connectivity index (χ3v) is 4.93. The first-order valence-electron chi connectivity index (χ1n) is 9.54. The van der Waals surface area contributed by atoms with Crippen molar-refractivity contribution in [1.29, 1.82) is 0 Å². The van der Waals surface area contributed by atoms with Gasteiger partial charge in [-0.25, -0.2) is 0 Å². The number of methoxy groups -OCH3 is 1. The van der Waals surface area contributed by atoms with Crippen molar-refractivity contribution in [2.75, 3.05) is 39.0 Å². The maximum absolute atomic E-state index is 12.5. The quantitative estimate of drug-likeness (QED) is 0.760. The molecule has 0 bridgehead atoms. The van der Waals surface area contributed by atoms with Gasteiger partial charge in [0.15, 0.2) is 0 Å². The molecular formula is C20H34ClN3O2. The molecule has 148 valence electrons. The topological polar surface area (TPSA) is 58.8 Å². The van der Waals surface area contributed by atoms with Gasteiger partial charge in [-0.15, -0.1) is 0 Å². The summed E-state index contributed by atoms with van der Waals surface area (Å²) in [5.41, 5.74) is 8.96. The number of nitrogen functional groups attached to an aromatic ring is 1. The number of halogens is 1. The summed E-state index contributed by atoms with van der Waals surface area (Å²) >= 11 is 6.12. The number of nitrogens with zero attached hydrogens (tertiary/aromatic N) is 2. The second-order valence-electron chi connectivity index (χ2n) is 6.39. The zero-order valence-electron chi connectivity index (χ0n) is 16.8. The zero-order chi connectivity index (χ0) is 19.7.